The number of carboxylic acid groups (broad SMARTS) is 1. The summed E-state index contributed by atoms with van der Waals surface area (Å²) in [6, 6.07) is 0. The highest BCUT2D eigenvalue weighted by molar-refractivity contribution is 8.20. The third kappa shape index (κ3) is 1910. The van der Waals surface area contributed by atoms with E-state index in [2.05, 4.69) is 11.6 Å². The molecule has 0 spiro atoms. The molecular weight excluding hydrogens is 269 g/mol. The predicted octanol–water partition coefficient (Wildman–Crippen LogP) is 3.79. The van der Waals surface area contributed by atoms with Crippen LogP contribution in [-0.4, -0.2) is 16.3 Å². The normalized spacial score (nSPS) is 7.25. The molecule has 0 unspecified atom stereocenters. The Kier molecular flexibility index (Phi) is 22.0. The number of carbonyl (C=O) groups is 2. The average Bonchev–Trinajstić information content (AvgIpc) is 1.54. The summed E-state index contributed by atoms with van der Waals surface area (Å²) in [5, 5.41) is 7.06. The van der Waals surface area contributed by atoms with Gasteiger partial charge in [-0.1, -0.05) is 33.7 Å². The van der Waals surface area contributed by atoms with Crippen LogP contribution in [0.25, 0.3) is 0 Å². The molecule has 1 N–H and O–H groups in total. The van der Waals surface area contributed by atoms with Crippen molar-refractivity contribution in [1.29, 1.82) is 0 Å². The molecule has 0 saturated heterocycles. The maximum Gasteiger partial charge on any atom is 0.300 e. The summed E-state index contributed by atoms with van der Waals surface area (Å²) in [6.07, 6.45) is 0. The first-order valence-electron chi connectivity index (χ1n) is 2.33. The van der Waals surface area contributed by atoms with Gasteiger partial charge < -0.3 is 5.11 Å². The lowest BCUT2D eigenvalue weighted by atomic mass is 10.9. The van der Waals surface area contributed by atoms with Crippen LogP contribution in [0.5, 0.6) is 0 Å². The molecule has 0 aliphatic rings. The Morgan fingerprint density at radius 1 is 1.17 bits per heavy atom. The number of carboxylic acids is 1. The van der Waals surface area contributed by atoms with Crippen LogP contribution in [0.4, 0.5) is 0 Å². The molecule has 0 heterocycles. The van der Waals surface area contributed by atoms with Gasteiger partial charge in [0, 0.05) is 13.8 Å². The molecular formula is C4H7Cl4O3P. The summed E-state index contributed by atoms with van der Waals surface area (Å²) in [4.78, 5) is 18.2. The van der Waals surface area contributed by atoms with Crippen LogP contribution in [0.15, 0.2) is 0 Å². The fourth-order valence-electron chi connectivity index (χ4n) is 0. The summed E-state index contributed by atoms with van der Waals surface area (Å²) in [7, 11) is 0. The van der Waals surface area contributed by atoms with Crippen molar-refractivity contribution < 1.29 is 14.7 Å². The van der Waals surface area contributed by atoms with Crippen molar-refractivity contribution in [3.8, 4) is 0 Å². The van der Waals surface area contributed by atoms with Crippen LogP contribution in [-0.2, 0) is 9.59 Å². The molecule has 0 bridgehead atoms. The van der Waals surface area contributed by atoms with E-state index in [1.54, 1.807) is 0 Å². The molecule has 8 heteroatoms. The summed E-state index contributed by atoms with van der Waals surface area (Å²) in [5.41, 5.74) is 0. The van der Waals surface area contributed by atoms with Crippen LogP contribution in [0.1, 0.15) is 13.8 Å². The lowest BCUT2D eigenvalue weighted by Gasteiger charge is -1.68. The molecule has 0 rings (SSSR count). The van der Waals surface area contributed by atoms with Gasteiger partial charge in [-0.2, -0.15) is 0 Å². The largest absolute Gasteiger partial charge is 0.481 e. The number of carbonyl (C=O) groups excluding carboxylic acids is 1. The third-order valence-corrected chi connectivity index (χ3v) is 0. The summed E-state index contributed by atoms with van der Waals surface area (Å²) < 4.78 is 0. The summed E-state index contributed by atoms with van der Waals surface area (Å²) in [6.45, 7) is 2.38. The van der Waals surface area contributed by atoms with Gasteiger partial charge in [-0.05, 0) is 11.6 Å². The molecule has 74 valence electrons. The van der Waals surface area contributed by atoms with E-state index < -0.39 is 11.9 Å². The van der Waals surface area contributed by atoms with Gasteiger partial charge in [-0.3, -0.25) is 9.59 Å². The Balaban J connectivity index is -0.000000101. The minimum atomic E-state index is -1.20. The Morgan fingerprint density at radius 3 is 1.17 bits per heavy atom. The first-order chi connectivity index (χ1) is 5.20. The van der Waals surface area contributed by atoms with Crippen molar-refractivity contribution in [2.45, 2.75) is 13.8 Å². The third-order valence-electron chi connectivity index (χ3n) is 0. The number of aliphatic carboxylic acids is 1. The van der Waals surface area contributed by atoms with Crippen molar-refractivity contribution >= 4 is 62.5 Å². The van der Waals surface area contributed by atoms with Gasteiger partial charge >= 0.3 is 0 Å². The molecule has 0 atom stereocenters. The first kappa shape index (κ1) is 18.5. The minimum Gasteiger partial charge on any atom is -0.481 e. The Hall–Kier alpha value is 0.730. The fourth-order valence-corrected chi connectivity index (χ4v) is 0. The first-order valence-corrected chi connectivity index (χ1v) is 6.76. The smallest absolute Gasteiger partial charge is 0.300 e. The van der Waals surface area contributed by atoms with Gasteiger partial charge in [-0.15, -0.1) is 0 Å². The minimum absolute atomic E-state index is 0.361. The topological polar surface area (TPSA) is 54.4 Å². The van der Waals surface area contributed by atoms with Gasteiger partial charge in [-0.25, -0.2) is 0 Å². The Morgan fingerprint density at radius 2 is 1.17 bits per heavy atom. The molecule has 3 nitrogen and oxygen atoms in total. The van der Waals surface area contributed by atoms with E-state index in [1.165, 1.54) is 6.92 Å². The van der Waals surface area contributed by atoms with Crippen LogP contribution >= 0.6 is 51.3 Å². The number of hydrogen-bond donors (Lipinski definition) is 1. The highest BCUT2D eigenvalue weighted by Crippen LogP contribution is 2.51. The zero-order chi connectivity index (χ0) is 10.7. The van der Waals surface area contributed by atoms with Crippen molar-refractivity contribution in [3.63, 3.8) is 0 Å². The van der Waals surface area contributed by atoms with Gasteiger partial charge in [0.25, 0.3) is 5.97 Å². The lowest BCUT2D eigenvalue weighted by molar-refractivity contribution is -0.134. The molecule has 0 aromatic heterocycles. The van der Waals surface area contributed by atoms with E-state index in [1.807, 2.05) is 0 Å². The van der Waals surface area contributed by atoms with Crippen molar-refractivity contribution in [3.05, 3.63) is 0 Å². The molecule has 0 aromatic rings. The van der Waals surface area contributed by atoms with E-state index in [0.29, 0.717) is 0 Å². The zero-order valence-electron chi connectivity index (χ0n) is 6.22. The molecule has 0 radical (unpaired) electrons. The fraction of sp³-hybridized carbons (Fsp3) is 0.500. The van der Waals surface area contributed by atoms with E-state index in [4.69, 9.17) is 43.6 Å². The predicted molar refractivity (Wildman–Crippen MR) is 54.3 cm³/mol. The van der Waals surface area contributed by atoms with Crippen LogP contribution in [0, 0.1) is 0 Å². The maximum absolute atomic E-state index is 9.21. The van der Waals surface area contributed by atoms with Gasteiger partial charge in [0.05, 0.1) is 0 Å². The second-order valence-electron chi connectivity index (χ2n) is 1.18. The molecule has 0 aliphatic carbocycles. The number of halogens is 4. The van der Waals surface area contributed by atoms with E-state index in [-0.39, 0.29) is 5.24 Å². The molecule has 12 heavy (non-hydrogen) atoms. The van der Waals surface area contributed by atoms with Gasteiger partial charge in [0.2, 0.25) is 5.24 Å². The number of hydrogen-bond acceptors (Lipinski definition) is 2. The van der Waals surface area contributed by atoms with Crippen LogP contribution < -0.4 is 0 Å². The van der Waals surface area contributed by atoms with Crippen LogP contribution in [0.3, 0.4) is 0 Å². The summed E-state index contributed by atoms with van der Waals surface area (Å²) >= 11 is 19.2. The maximum atomic E-state index is 9.21. The molecule has 0 fully saturated rings. The number of rotatable bonds is 0. The summed E-state index contributed by atoms with van der Waals surface area (Å²) in [5.74, 6) is -2.04. The molecule has 0 aromatic carbocycles. The van der Waals surface area contributed by atoms with Gasteiger partial charge in [0.15, 0.2) is 5.98 Å². The van der Waals surface area contributed by atoms with E-state index in [9.17, 15) is 4.79 Å². The monoisotopic (exact) mass is 274 g/mol. The van der Waals surface area contributed by atoms with E-state index >= 15 is 0 Å². The van der Waals surface area contributed by atoms with E-state index in [0.717, 1.165) is 6.92 Å². The molecule has 0 amide bonds. The second-order valence-corrected chi connectivity index (χ2v) is 6.70. The molecule has 0 saturated carbocycles. The highest BCUT2D eigenvalue weighted by atomic mass is 36.0. The zero-order valence-corrected chi connectivity index (χ0v) is 10.1. The van der Waals surface area contributed by atoms with Gasteiger partial charge in [0.1, 0.15) is 0 Å². The standard InChI is InChI=1S/C2H3ClO.C2H4O2.Cl3P/c2*1-2(3)4;1-4(2)3/h1H3;1H3,(H,3,4);. The average molecular weight is 276 g/mol. The lowest BCUT2D eigenvalue weighted by Crippen LogP contribution is -1.78. The Bertz CT molecular complexity index is 107. The van der Waals surface area contributed by atoms with Crippen molar-refractivity contribution in [2.75, 3.05) is 0 Å². The van der Waals surface area contributed by atoms with Crippen molar-refractivity contribution in [2.24, 2.45) is 0 Å². The second kappa shape index (κ2) is 14.3. The SMILES string of the molecule is CC(=O)Cl.CC(=O)O.ClP(Cl)Cl. The quantitative estimate of drug-likeness (QED) is 0.540. The highest BCUT2D eigenvalue weighted by Gasteiger charge is 1.80. The molecule has 0 aliphatic heterocycles. The van der Waals surface area contributed by atoms with Crippen molar-refractivity contribution in [1.82, 2.24) is 0 Å². The van der Waals surface area contributed by atoms with Crippen LogP contribution in [0.2, 0.25) is 0 Å². The Labute approximate surface area is 91.1 Å².